The maximum atomic E-state index is 5.67. The molecule has 0 amide bonds. The van der Waals surface area contributed by atoms with Crippen molar-refractivity contribution in [3.05, 3.63) is 23.8 Å². The van der Waals surface area contributed by atoms with Gasteiger partial charge in [-0.3, -0.25) is 0 Å². The number of aliphatic imine (C=N–C) groups is 1. The SMILES string of the molecule is COc1cccc2c1N=C(N)CC2. The van der Waals surface area contributed by atoms with Gasteiger partial charge in [0.1, 0.15) is 17.3 Å². The van der Waals surface area contributed by atoms with E-state index >= 15 is 0 Å². The Balaban J connectivity index is 2.55. The third kappa shape index (κ3) is 1.37. The van der Waals surface area contributed by atoms with Crippen LogP contribution in [0.5, 0.6) is 5.75 Å². The number of fused-ring (bicyclic) bond motifs is 1. The Morgan fingerprint density at radius 1 is 1.38 bits per heavy atom. The number of rotatable bonds is 1. The molecule has 3 nitrogen and oxygen atoms in total. The van der Waals surface area contributed by atoms with Gasteiger partial charge in [0.2, 0.25) is 0 Å². The zero-order valence-electron chi connectivity index (χ0n) is 7.58. The van der Waals surface area contributed by atoms with Gasteiger partial charge in [-0.25, -0.2) is 4.99 Å². The molecule has 0 fully saturated rings. The molecule has 13 heavy (non-hydrogen) atoms. The third-order valence-electron chi connectivity index (χ3n) is 2.21. The van der Waals surface area contributed by atoms with E-state index in [-0.39, 0.29) is 0 Å². The van der Waals surface area contributed by atoms with Gasteiger partial charge in [-0.15, -0.1) is 0 Å². The number of aryl methyl sites for hydroxylation is 1. The summed E-state index contributed by atoms with van der Waals surface area (Å²) in [6.45, 7) is 0. The second-order valence-corrected chi connectivity index (χ2v) is 3.07. The highest BCUT2D eigenvalue weighted by Crippen LogP contribution is 2.34. The van der Waals surface area contributed by atoms with E-state index in [1.54, 1.807) is 7.11 Å². The quantitative estimate of drug-likeness (QED) is 0.707. The van der Waals surface area contributed by atoms with Gasteiger partial charge in [-0.1, -0.05) is 12.1 Å². The summed E-state index contributed by atoms with van der Waals surface area (Å²) in [7, 11) is 1.65. The van der Waals surface area contributed by atoms with Crippen molar-refractivity contribution < 1.29 is 4.74 Å². The van der Waals surface area contributed by atoms with Gasteiger partial charge < -0.3 is 10.5 Å². The van der Waals surface area contributed by atoms with Gasteiger partial charge in [0, 0.05) is 6.42 Å². The Labute approximate surface area is 77.2 Å². The molecule has 2 rings (SSSR count). The fourth-order valence-electron chi connectivity index (χ4n) is 1.52. The standard InChI is InChI=1S/C10H12N2O/c1-13-8-4-2-3-7-5-6-9(11)12-10(7)8/h2-4H,5-6H2,1H3,(H2,11,12). The number of para-hydroxylation sites is 1. The molecular formula is C10H12N2O. The summed E-state index contributed by atoms with van der Waals surface area (Å²) >= 11 is 0. The van der Waals surface area contributed by atoms with E-state index < -0.39 is 0 Å². The summed E-state index contributed by atoms with van der Waals surface area (Å²) < 4.78 is 5.20. The highest BCUT2D eigenvalue weighted by molar-refractivity contribution is 5.87. The smallest absolute Gasteiger partial charge is 0.144 e. The molecule has 0 saturated carbocycles. The molecule has 1 aliphatic heterocycles. The van der Waals surface area contributed by atoms with Gasteiger partial charge >= 0.3 is 0 Å². The van der Waals surface area contributed by atoms with Crippen molar-refractivity contribution in [2.75, 3.05) is 7.11 Å². The Kier molecular flexibility index (Phi) is 1.93. The van der Waals surface area contributed by atoms with Crippen LogP contribution in [0.4, 0.5) is 5.69 Å². The van der Waals surface area contributed by atoms with E-state index in [0.29, 0.717) is 5.84 Å². The van der Waals surface area contributed by atoms with Crippen molar-refractivity contribution >= 4 is 11.5 Å². The van der Waals surface area contributed by atoms with Crippen molar-refractivity contribution in [2.45, 2.75) is 12.8 Å². The summed E-state index contributed by atoms with van der Waals surface area (Å²) in [6.07, 6.45) is 1.81. The fourth-order valence-corrected chi connectivity index (χ4v) is 1.52. The highest BCUT2D eigenvalue weighted by atomic mass is 16.5. The summed E-state index contributed by atoms with van der Waals surface area (Å²) in [4.78, 5) is 4.29. The average Bonchev–Trinajstić information content (AvgIpc) is 2.17. The van der Waals surface area contributed by atoms with E-state index in [1.807, 2.05) is 12.1 Å². The molecule has 68 valence electrons. The number of benzene rings is 1. The molecule has 0 atom stereocenters. The number of amidine groups is 1. The lowest BCUT2D eigenvalue weighted by molar-refractivity contribution is 0.415. The minimum Gasteiger partial charge on any atom is -0.494 e. The van der Waals surface area contributed by atoms with Crippen LogP contribution in [0.3, 0.4) is 0 Å². The number of nitrogens with zero attached hydrogens (tertiary/aromatic N) is 1. The van der Waals surface area contributed by atoms with Crippen molar-refractivity contribution in [2.24, 2.45) is 10.7 Å². The summed E-state index contributed by atoms with van der Waals surface area (Å²) in [5.74, 6) is 1.50. The minimum absolute atomic E-state index is 0.692. The predicted octanol–water partition coefficient (Wildman–Crippen LogP) is 1.63. The largest absolute Gasteiger partial charge is 0.494 e. The predicted molar refractivity (Wildman–Crippen MR) is 52.6 cm³/mol. The molecule has 1 aromatic rings. The van der Waals surface area contributed by atoms with E-state index in [1.165, 1.54) is 5.56 Å². The summed E-state index contributed by atoms with van der Waals surface area (Å²) in [5, 5.41) is 0. The van der Waals surface area contributed by atoms with Gasteiger partial charge in [-0.2, -0.15) is 0 Å². The summed E-state index contributed by atoms with van der Waals surface area (Å²) in [6, 6.07) is 5.95. The first-order chi connectivity index (χ1) is 6.31. The Morgan fingerprint density at radius 2 is 2.23 bits per heavy atom. The third-order valence-corrected chi connectivity index (χ3v) is 2.21. The van der Waals surface area contributed by atoms with Gasteiger partial charge in [0.25, 0.3) is 0 Å². The second-order valence-electron chi connectivity index (χ2n) is 3.07. The zero-order valence-corrected chi connectivity index (χ0v) is 7.58. The molecule has 3 heteroatoms. The van der Waals surface area contributed by atoms with Gasteiger partial charge in [0.15, 0.2) is 0 Å². The zero-order chi connectivity index (χ0) is 9.26. The molecule has 0 aromatic heterocycles. The minimum atomic E-state index is 0.692. The maximum Gasteiger partial charge on any atom is 0.144 e. The van der Waals surface area contributed by atoms with Gasteiger partial charge in [0.05, 0.1) is 7.11 Å². The van der Waals surface area contributed by atoms with Crippen LogP contribution in [0.25, 0.3) is 0 Å². The monoisotopic (exact) mass is 176 g/mol. The lowest BCUT2D eigenvalue weighted by atomic mass is 10.0. The molecule has 1 aliphatic rings. The maximum absolute atomic E-state index is 5.67. The van der Waals surface area contributed by atoms with Crippen LogP contribution < -0.4 is 10.5 Å². The van der Waals surface area contributed by atoms with E-state index in [9.17, 15) is 0 Å². The van der Waals surface area contributed by atoms with Crippen LogP contribution in [0, 0.1) is 0 Å². The lowest BCUT2D eigenvalue weighted by Gasteiger charge is -2.14. The van der Waals surface area contributed by atoms with Crippen molar-refractivity contribution in [3.8, 4) is 5.75 Å². The lowest BCUT2D eigenvalue weighted by Crippen LogP contribution is -2.15. The number of hydrogen-bond acceptors (Lipinski definition) is 3. The van der Waals surface area contributed by atoms with E-state index in [0.717, 1.165) is 24.3 Å². The van der Waals surface area contributed by atoms with E-state index in [2.05, 4.69) is 11.1 Å². The molecule has 0 aliphatic carbocycles. The molecule has 2 N–H and O–H groups in total. The van der Waals surface area contributed by atoms with Crippen LogP contribution in [0.15, 0.2) is 23.2 Å². The molecule has 0 spiro atoms. The number of methoxy groups -OCH3 is 1. The van der Waals surface area contributed by atoms with Crippen LogP contribution in [-0.2, 0) is 6.42 Å². The number of nitrogens with two attached hydrogens (primary N) is 1. The average molecular weight is 176 g/mol. The van der Waals surface area contributed by atoms with Crippen LogP contribution in [-0.4, -0.2) is 12.9 Å². The van der Waals surface area contributed by atoms with Crippen LogP contribution in [0.2, 0.25) is 0 Å². The normalized spacial score (nSPS) is 14.7. The first-order valence-corrected chi connectivity index (χ1v) is 4.30. The van der Waals surface area contributed by atoms with Crippen LogP contribution in [0.1, 0.15) is 12.0 Å². The Hall–Kier alpha value is -1.51. The molecule has 1 aromatic carbocycles. The van der Waals surface area contributed by atoms with Crippen molar-refractivity contribution in [1.29, 1.82) is 0 Å². The molecule has 0 unspecified atom stereocenters. The molecule has 1 heterocycles. The van der Waals surface area contributed by atoms with Crippen LogP contribution >= 0.6 is 0 Å². The highest BCUT2D eigenvalue weighted by Gasteiger charge is 2.13. The van der Waals surface area contributed by atoms with Crippen molar-refractivity contribution in [1.82, 2.24) is 0 Å². The first kappa shape index (κ1) is 8.10. The molecule has 0 radical (unpaired) electrons. The van der Waals surface area contributed by atoms with E-state index in [4.69, 9.17) is 10.5 Å². The number of ether oxygens (including phenoxy) is 1. The first-order valence-electron chi connectivity index (χ1n) is 4.30. The summed E-state index contributed by atoms with van der Waals surface area (Å²) in [5.41, 5.74) is 7.78. The van der Waals surface area contributed by atoms with Gasteiger partial charge in [-0.05, 0) is 18.1 Å². The molecular weight excluding hydrogens is 164 g/mol. The Morgan fingerprint density at radius 3 is 3.00 bits per heavy atom. The molecule has 0 saturated heterocycles. The molecule has 0 bridgehead atoms. The van der Waals surface area contributed by atoms with Crippen molar-refractivity contribution in [3.63, 3.8) is 0 Å². The number of hydrogen-bond donors (Lipinski definition) is 1. The fraction of sp³-hybridized carbons (Fsp3) is 0.300. The second kappa shape index (κ2) is 3.09. The Bertz CT molecular complexity index is 358. The topological polar surface area (TPSA) is 47.6 Å².